The lowest BCUT2D eigenvalue weighted by Crippen LogP contribution is -2.09. The normalized spacial score (nSPS) is 7.94. The van der Waals surface area contributed by atoms with Crippen molar-refractivity contribution in [2.24, 2.45) is 0 Å². The lowest BCUT2D eigenvalue weighted by molar-refractivity contribution is -0.149. The van der Waals surface area contributed by atoms with E-state index in [1.165, 1.54) is 20.8 Å². The molecule has 92 valence electrons. The van der Waals surface area contributed by atoms with Gasteiger partial charge in [-0.25, -0.2) is 0 Å². The van der Waals surface area contributed by atoms with Gasteiger partial charge in [0.05, 0.1) is 6.26 Å². The molecule has 0 aromatic carbocycles. The van der Waals surface area contributed by atoms with Gasteiger partial charge in [-0.1, -0.05) is 6.58 Å². The molecular weight excluding hydrogens is 216 g/mol. The molecule has 0 aromatic rings. The Morgan fingerprint density at radius 3 is 1.44 bits per heavy atom. The van der Waals surface area contributed by atoms with E-state index in [0.29, 0.717) is 0 Å². The number of esters is 3. The first-order valence-electron chi connectivity index (χ1n) is 4.45. The van der Waals surface area contributed by atoms with Crippen molar-refractivity contribution in [1.82, 2.24) is 0 Å². The van der Waals surface area contributed by atoms with E-state index < -0.39 is 0 Å². The van der Waals surface area contributed by atoms with Crippen molar-refractivity contribution in [1.29, 1.82) is 0 Å². The molecule has 0 saturated carbocycles. The summed E-state index contributed by atoms with van der Waals surface area (Å²) in [6.45, 7) is 7.35. The van der Waals surface area contributed by atoms with Crippen molar-refractivity contribution in [2.75, 3.05) is 13.2 Å². The van der Waals surface area contributed by atoms with Crippen molar-refractivity contribution >= 4 is 17.9 Å². The highest BCUT2D eigenvalue weighted by Gasteiger charge is 1.94. The average Bonchev–Trinajstić information content (AvgIpc) is 2.12. The predicted molar refractivity (Wildman–Crippen MR) is 55.2 cm³/mol. The van der Waals surface area contributed by atoms with Crippen molar-refractivity contribution in [2.45, 2.75) is 20.8 Å². The van der Waals surface area contributed by atoms with Gasteiger partial charge < -0.3 is 14.2 Å². The maximum Gasteiger partial charge on any atom is 0.307 e. The van der Waals surface area contributed by atoms with Gasteiger partial charge in [-0.15, -0.1) is 0 Å². The summed E-state index contributed by atoms with van der Waals surface area (Å²) in [4.78, 5) is 30.0. The largest absolute Gasteiger partial charge is 0.462 e. The highest BCUT2D eigenvalue weighted by Crippen LogP contribution is 1.79. The van der Waals surface area contributed by atoms with Crippen LogP contribution in [0.1, 0.15) is 20.8 Å². The molecule has 0 saturated heterocycles. The first-order valence-corrected chi connectivity index (χ1v) is 4.45. The smallest absolute Gasteiger partial charge is 0.307 e. The van der Waals surface area contributed by atoms with E-state index >= 15 is 0 Å². The molecule has 0 N–H and O–H groups in total. The van der Waals surface area contributed by atoms with Gasteiger partial charge in [-0.2, -0.15) is 0 Å². The van der Waals surface area contributed by atoms with Gasteiger partial charge in [-0.3, -0.25) is 14.4 Å². The summed E-state index contributed by atoms with van der Waals surface area (Å²) in [7, 11) is 0. The van der Waals surface area contributed by atoms with Gasteiger partial charge in [0.15, 0.2) is 0 Å². The SMILES string of the molecule is C=COC(C)=O.CC(=O)OCCOC(C)=O. The standard InChI is InChI=1S/C6H10O4.C4H6O2/c1-5(7)9-3-4-10-6(2)8;1-3-6-4(2)5/h3-4H2,1-2H3;3H,1H2,2H3. The molecule has 0 aromatic heterocycles. The number of ether oxygens (including phenoxy) is 3. The summed E-state index contributed by atoms with van der Waals surface area (Å²) in [5.41, 5.74) is 0. The number of rotatable bonds is 4. The lowest BCUT2D eigenvalue weighted by atomic mass is 10.7. The topological polar surface area (TPSA) is 78.9 Å². The molecule has 0 rings (SSSR count). The fourth-order valence-corrected chi connectivity index (χ4v) is 0.488. The zero-order valence-electron chi connectivity index (χ0n) is 9.65. The minimum atomic E-state index is -0.368. The fraction of sp³-hybridized carbons (Fsp3) is 0.500. The van der Waals surface area contributed by atoms with Crippen LogP contribution >= 0.6 is 0 Å². The third-order valence-corrected chi connectivity index (χ3v) is 0.943. The number of hydrogen-bond acceptors (Lipinski definition) is 6. The Bertz CT molecular complexity index is 230. The first kappa shape index (κ1) is 16.6. The molecule has 0 atom stereocenters. The molecule has 0 fully saturated rings. The van der Waals surface area contributed by atoms with Crippen LogP contribution in [0.5, 0.6) is 0 Å². The van der Waals surface area contributed by atoms with Crippen LogP contribution in [0.25, 0.3) is 0 Å². The van der Waals surface area contributed by atoms with Gasteiger partial charge in [0.25, 0.3) is 0 Å². The van der Waals surface area contributed by atoms with Gasteiger partial charge >= 0.3 is 17.9 Å². The Labute approximate surface area is 94.2 Å². The van der Waals surface area contributed by atoms with Crippen LogP contribution in [0.3, 0.4) is 0 Å². The molecule has 0 unspecified atom stereocenters. The molecule has 0 bridgehead atoms. The van der Waals surface area contributed by atoms with E-state index in [9.17, 15) is 14.4 Å². The second-order valence-electron chi connectivity index (χ2n) is 2.46. The molecule has 0 amide bonds. The van der Waals surface area contributed by atoms with E-state index in [1.807, 2.05) is 0 Å². The van der Waals surface area contributed by atoms with E-state index in [1.54, 1.807) is 0 Å². The van der Waals surface area contributed by atoms with Crippen molar-refractivity contribution < 1.29 is 28.6 Å². The van der Waals surface area contributed by atoms with Crippen LogP contribution < -0.4 is 0 Å². The number of carbonyl (C=O) groups excluding carboxylic acids is 3. The zero-order valence-corrected chi connectivity index (χ0v) is 9.65. The maximum atomic E-state index is 10.1. The van der Waals surface area contributed by atoms with E-state index in [2.05, 4.69) is 20.8 Å². The average molecular weight is 232 g/mol. The van der Waals surface area contributed by atoms with Crippen LogP contribution in [-0.2, 0) is 28.6 Å². The van der Waals surface area contributed by atoms with E-state index in [-0.39, 0.29) is 31.1 Å². The molecular formula is C10H16O6. The van der Waals surface area contributed by atoms with E-state index in [0.717, 1.165) is 6.26 Å². The molecule has 0 aliphatic carbocycles. The van der Waals surface area contributed by atoms with E-state index in [4.69, 9.17) is 0 Å². The van der Waals surface area contributed by atoms with Crippen LogP contribution in [-0.4, -0.2) is 31.1 Å². The van der Waals surface area contributed by atoms with Gasteiger partial charge in [-0.05, 0) is 0 Å². The predicted octanol–water partition coefficient (Wildman–Crippen LogP) is 0.806. The monoisotopic (exact) mass is 232 g/mol. The van der Waals surface area contributed by atoms with Crippen LogP contribution in [0.2, 0.25) is 0 Å². The quantitative estimate of drug-likeness (QED) is 0.309. The van der Waals surface area contributed by atoms with Crippen molar-refractivity contribution in [3.05, 3.63) is 12.8 Å². The molecule has 0 heterocycles. The highest BCUT2D eigenvalue weighted by molar-refractivity contribution is 5.67. The highest BCUT2D eigenvalue weighted by atomic mass is 16.6. The summed E-state index contributed by atoms with van der Waals surface area (Å²) >= 11 is 0. The Kier molecular flexibility index (Phi) is 11.6. The molecule has 0 aliphatic rings. The van der Waals surface area contributed by atoms with Crippen LogP contribution in [0, 0.1) is 0 Å². The number of hydrogen-bond donors (Lipinski definition) is 0. The Morgan fingerprint density at radius 1 is 0.938 bits per heavy atom. The van der Waals surface area contributed by atoms with Gasteiger partial charge in [0.1, 0.15) is 13.2 Å². The fourth-order valence-electron chi connectivity index (χ4n) is 0.488. The Balaban J connectivity index is 0. The summed E-state index contributed by atoms with van der Waals surface area (Å²) < 4.78 is 13.1. The first-order chi connectivity index (χ1) is 7.40. The summed E-state index contributed by atoms with van der Waals surface area (Å²) in [5, 5.41) is 0. The summed E-state index contributed by atoms with van der Waals surface area (Å²) in [6.07, 6.45) is 1.10. The van der Waals surface area contributed by atoms with Crippen LogP contribution in [0.15, 0.2) is 12.8 Å². The zero-order chi connectivity index (χ0) is 13.0. The van der Waals surface area contributed by atoms with Gasteiger partial charge in [0, 0.05) is 20.8 Å². The third-order valence-electron chi connectivity index (χ3n) is 0.943. The van der Waals surface area contributed by atoms with Gasteiger partial charge in [0.2, 0.25) is 0 Å². The molecule has 0 aliphatic heterocycles. The second-order valence-corrected chi connectivity index (χ2v) is 2.46. The van der Waals surface area contributed by atoms with Crippen molar-refractivity contribution in [3.8, 4) is 0 Å². The molecule has 6 nitrogen and oxygen atoms in total. The Morgan fingerprint density at radius 2 is 1.31 bits per heavy atom. The van der Waals surface area contributed by atoms with Crippen molar-refractivity contribution in [3.63, 3.8) is 0 Å². The Hall–Kier alpha value is -1.85. The molecule has 6 heteroatoms. The minimum absolute atomic E-state index is 0.134. The number of carbonyl (C=O) groups is 3. The lowest BCUT2D eigenvalue weighted by Gasteiger charge is -2.00. The third kappa shape index (κ3) is 22.7. The summed E-state index contributed by atoms with van der Waals surface area (Å²) in [5.74, 6) is -1.07. The molecule has 0 radical (unpaired) electrons. The maximum absolute atomic E-state index is 10.1. The second kappa shape index (κ2) is 11.2. The molecule has 16 heavy (non-hydrogen) atoms. The minimum Gasteiger partial charge on any atom is -0.462 e. The van der Waals surface area contributed by atoms with Crippen LogP contribution in [0.4, 0.5) is 0 Å². The molecule has 0 spiro atoms. The summed E-state index contributed by atoms with van der Waals surface area (Å²) in [6, 6.07) is 0.